The minimum absolute atomic E-state index is 0.188. The van der Waals surface area contributed by atoms with E-state index in [0.717, 1.165) is 61.9 Å². The van der Waals surface area contributed by atoms with Gasteiger partial charge in [0.1, 0.15) is 0 Å². The first-order valence-electron chi connectivity index (χ1n) is 10.4. The second-order valence-corrected chi connectivity index (χ2v) is 7.75. The Morgan fingerprint density at radius 3 is 2.70 bits per heavy atom. The summed E-state index contributed by atoms with van der Waals surface area (Å²) in [4.78, 5) is 28.0. The number of amides is 2. The van der Waals surface area contributed by atoms with Crippen LogP contribution in [0.2, 0.25) is 5.02 Å². The number of nitrogens with zero attached hydrogens (tertiary/aromatic N) is 1. The summed E-state index contributed by atoms with van der Waals surface area (Å²) in [5, 5.41) is 14.1. The van der Waals surface area contributed by atoms with Gasteiger partial charge in [-0.3, -0.25) is 14.6 Å². The van der Waals surface area contributed by atoms with Gasteiger partial charge in [-0.1, -0.05) is 11.6 Å². The highest BCUT2D eigenvalue weighted by atomic mass is 35.5. The molecular weight excluding hydrogens is 402 g/mol. The highest BCUT2D eigenvalue weighted by Gasteiger charge is 2.13. The van der Waals surface area contributed by atoms with Gasteiger partial charge in [0.15, 0.2) is 0 Å². The van der Waals surface area contributed by atoms with Crippen LogP contribution in [0.4, 0.5) is 5.69 Å². The normalized spacial score (nSPS) is 14.7. The van der Waals surface area contributed by atoms with Crippen LogP contribution < -0.4 is 21.3 Å². The molecule has 30 heavy (non-hydrogen) atoms. The Kier molecular flexibility index (Phi) is 8.47. The van der Waals surface area contributed by atoms with Gasteiger partial charge in [-0.2, -0.15) is 0 Å². The maximum Gasteiger partial charge on any atom is 0.244 e. The van der Waals surface area contributed by atoms with Crippen molar-refractivity contribution in [3.8, 4) is 0 Å². The fourth-order valence-corrected chi connectivity index (χ4v) is 3.55. The topological polar surface area (TPSA) is 95.2 Å². The fraction of sp³-hybridized carbons (Fsp3) is 0.409. The van der Waals surface area contributed by atoms with Crippen LogP contribution in [0.15, 0.2) is 42.6 Å². The molecule has 2 aromatic rings. The van der Waals surface area contributed by atoms with Crippen LogP contribution in [0, 0.1) is 0 Å². The van der Waals surface area contributed by atoms with Crippen molar-refractivity contribution in [1.82, 2.24) is 20.9 Å². The maximum atomic E-state index is 11.9. The summed E-state index contributed by atoms with van der Waals surface area (Å²) in [6.07, 6.45) is 7.93. The maximum absolute atomic E-state index is 11.9. The van der Waals surface area contributed by atoms with Gasteiger partial charge >= 0.3 is 0 Å². The number of anilines is 1. The van der Waals surface area contributed by atoms with Crippen LogP contribution in [-0.4, -0.2) is 49.0 Å². The van der Waals surface area contributed by atoms with Gasteiger partial charge < -0.3 is 21.3 Å². The summed E-state index contributed by atoms with van der Waals surface area (Å²) in [7, 11) is 0. The van der Waals surface area contributed by atoms with E-state index in [2.05, 4.69) is 26.3 Å². The molecule has 0 atom stereocenters. The molecule has 2 amide bonds. The summed E-state index contributed by atoms with van der Waals surface area (Å²) in [6.45, 7) is 3.17. The molecule has 7 nitrogen and oxygen atoms in total. The van der Waals surface area contributed by atoms with Crippen LogP contribution in [0.5, 0.6) is 0 Å². The fourth-order valence-electron chi connectivity index (χ4n) is 3.39. The molecule has 1 aliphatic heterocycles. The lowest BCUT2D eigenvalue weighted by molar-refractivity contribution is -0.119. The molecule has 0 aliphatic carbocycles. The number of piperidine rings is 1. The van der Waals surface area contributed by atoms with E-state index >= 15 is 0 Å². The van der Waals surface area contributed by atoms with Crippen LogP contribution in [0.25, 0.3) is 10.9 Å². The van der Waals surface area contributed by atoms with Gasteiger partial charge in [0.25, 0.3) is 0 Å². The molecule has 1 saturated heterocycles. The number of hydrogen-bond donors (Lipinski definition) is 4. The van der Waals surface area contributed by atoms with Gasteiger partial charge in [0.2, 0.25) is 11.8 Å². The summed E-state index contributed by atoms with van der Waals surface area (Å²) in [5.41, 5.74) is 1.87. The zero-order valence-corrected chi connectivity index (χ0v) is 17.7. The molecule has 0 unspecified atom stereocenters. The number of benzene rings is 1. The van der Waals surface area contributed by atoms with E-state index < -0.39 is 0 Å². The summed E-state index contributed by atoms with van der Waals surface area (Å²) in [5.74, 6) is -0.465. The van der Waals surface area contributed by atoms with Crippen molar-refractivity contribution in [3.05, 3.63) is 47.6 Å². The highest BCUT2D eigenvalue weighted by Crippen LogP contribution is 2.24. The Bertz CT molecular complexity index is 896. The predicted octanol–water partition coefficient (Wildman–Crippen LogP) is 2.62. The standard InChI is InChI=1S/C22H28ClN5O2/c23-16-3-4-18-19(9-14-26-20(18)15-16)25-10-1-2-11-27-21(29)5-6-22(30)28-17-7-12-24-13-8-17/h3-6,9,14-15,17,24H,1-2,7-8,10-13H2,(H,25,26)(H,27,29)(H,28,30)/b6-5+. The minimum Gasteiger partial charge on any atom is -0.384 e. The number of rotatable bonds is 9. The van der Waals surface area contributed by atoms with Crippen LogP contribution in [0.1, 0.15) is 25.7 Å². The number of hydrogen-bond acceptors (Lipinski definition) is 5. The van der Waals surface area contributed by atoms with Crippen molar-refractivity contribution < 1.29 is 9.59 Å². The first kappa shape index (κ1) is 22.1. The van der Waals surface area contributed by atoms with Crippen molar-refractivity contribution in [2.24, 2.45) is 0 Å². The van der Waals surface area contributed by atoms with Gasteiger partial charge in [-0.05, 0) is 63.0 Å². The highest BCUT2D eigenvalue weighted by molar-refractivity contribution is 6.31. The van der Waals surface area contributed by atoms with Crippen LogP contribution in [-0.2, 0) is 9.59 Å². The summed E-state index contributed by atoms with van der Waals surface area (Å²) >= 11 is 6.02. The van der Waals surface area contributed by atoms with Crippen LogP contribution >= 0.6 is 11.6 Å². The molecule has 0 saturated carbocycles. The number of carbonyl (C=O) groups excluding carboxylic acids is 2. The van der Waals surface area contributed by atoms with E-state index in [9.17, 15) is 9.59 Å². The zero-order valence-electron chi connectivity index (χ0n) is 16.9. The molecule has 2 heterocycles. The van der Waals surface area contributed by atoms with E-state index in [-0.39, 0.29) is 17.9 Å². The van der Waals surface area contributed by atoms with Gasteiger partial charge in [0, 0.05) is 53.6 Å². The number of nitrogens with one attached hydrogen (secondary N) is 4. The number of unbranched alkanes of at least 4 members (excludes halogenated alkanes) is 1. The predicted molar refractivity (Wildman–Crippen MR) is 121 cm³/mol. The third-order valence-electron chi connectivity index (χ3n) is 4.99. The molecule has 1 aliphatic rings. The Morgan fingerprint density at radius 2 is 1.87 bits per heavy atom. The molecule has 0 spiro atoms. The van der Waals surface area contributed by atoms with E-state index in [1.807, 2.05) is 24.3 Å². The minimum atomic E-state index is -0.250. The van der Waals surface area contributed by atoms with Crippen LogP contribution in [0.3, 0.4) is 0 Å². The van der Waals surface area contributed by atoms with Gasteiger partial charge in [0.05, 0.1) is 5.52 Å². The molecule has 0 radical (unpaired) electrons. The van der Waals surface area contributed by atoms with E-state index in [1.165, 1.54) is 12.2 Å². The van der Waals surface area contributed by atoms with Crippen molar-refractivity contribution in [3.63, 3.8) is 0 Å². The molecule has 0 bridgehead atoms. The molecule has 3 rings (SSSR count). The molecule has 1 aromatic heterocycles. The van der Waals surface area contributed by atoms with E-state index in [1.54, 1.807) is 6.20 Å². The Hall–Kier alpha value is -2.64. The average Bonchev–Trinajstić information content (AvgIpc) is 2.75. The van der Waals surface area contributed by atoms with Crippen molar-refractivity contribution in [2.45, 2.75) is 31.7 Å². The van der Waals surface area contributed by atoms with Gasteiger partial charge in [-0.15, -0.1) is 0 Å². The largest absolute Gasteiger partial charge is 0.384 e. The van der Waals surface area contributed by atoms with E-state index in [4.69, 9.17) is 11.6 Å². The van der Waals surface area contributed by atoms with Gasteiger partial charge in [-0.25, -0.2) is 0 Å². The van der Waals surface area contributed by atoms with Crippen molar-refractivity contribution >= 4 is 40.0 Å². The van der Waals surface area contributed by atoms with Crippen molar-refractivity contribution in [2.75, 3.05) is 31.5 Å². The molecule has 1 fully saturated rings. The smallest absolute Gasteiger partial charge is 0.244 e. The third-order valence-corrected chi connectivity index (χ3v) is 5.23. The quantitative estimate of drug-likeness (QED) is 0.363. The Balaban J connectivity index is 1.30. The zero-order chi connectivity index (χ0) is 21.2. The number of carbonyl (C=O) groups is 2. The molecule has 8 heteroatoms. The Labute approximate surface area is 181 Å². The second-order valence-electron chi connectivity index (χ2n) is 7.31. The molecule has 1 aromatic carbocycles. The second kappa shape index (κ2) is 11.5. The lowest BCUT2D eigenvalue weighted by Gasteiger charge is -2.22. The number of pyridine rings is 1. The average molecular weight is 430 g/mol. The number of fused-ring (bicyclic) bond motifs is 1. The number of halogens is 1. The molecule has 4 N–H and O–H groups in total. The Morgan fingerprint density at radius 1 is 1.10 bits per heavy atom. The number of aromatic nitrogens is 1. The monoisotopic (exact) mass is 429 g/mol. The summed E-state index contributed by atoms with van der Waals surface area (Å²) in [6, 6.07) is 7.79. The summed E-state index contributed by atoms with van der Waals surface area (Å²) < 4.78 is 0. The SMILES string of the molecule is O=C(/C=C/C(=O)NC1CCNCC1)NCCCCNc1ccnc2cc(Cl)ccc12. The molecular formula is C22H28ClN5O2. The molecule has 160 valence electrons. The van der Waals surface area contributed by atoms with E-state index in [0.29, 0.717) is 11.6 Å². The van der Waals surface area contributed by atoms with Crippen molar-refractivity contribution in [1.29, 1.82) is 0 Å². The lowest BCUT2D eigenvalue weighted by Crippen LogP contribution is -2.42. The lowest BCUT2D eigenvalue weighted by atomic mass is 10.1. The first-order valence-corrected chi connectivity index (χ1v) is 10.7. The third kappa shape index (κ3) is 7.00. The first-order chi connectivity index (χ1) is 14.6.